The van der Waals surface area contributed by atoms with Crippen LogP contribution in [0.2, 0.25) is 5.02 Å². The van der Waals surface area contributed by atoms with Crippen molar-refractivity contribution in [2.45, 2.75) is 38.9 Å². The molecule has 2 aromatic carbocycles. The second kappa shape index (κ2) is 5.78. The van der Waals surface area contributed by atoms with E-state index in [2.05, 4.69) is 18.2 Å². The van der Waals surface area contributed by atoms with Crippen molar-refractivity contribution >= 4 is 56.1 Å². The van der Waals surface area contributed by atoms with Crippen molar-refractivity contribution in [1.82, 2.24) is 0 Å². The zero-order valence-corrected chi connectivity index (χ0v) is 15.4. The molecule has 0 bridgehead atoms. The van der Waals surface area contributed by atoms with Crippen molar-refractivity contribution in [1.29, 1.82) is 0 Å². The zero-order valence-electron chi connectivity index (χ0n) is 13.8. The lowest BCUT2D eigenvalue weighted by atomic mass is 9.80. The summed E-state index contributed by atoms with van der Waals surface area (Å²) in [7, 11) is 0.411. The van der Waals surface area contributed by atoms with E-state index in [0.717, 1.165) is 5.46 Å². The smallest absolute Gasteiger partial charge is 0.310 e. The number of rotatable bonds is 4. The van der Waals surface area contributed by atoms with Crippen LogP contribution in [0.15, 0.2) is 36.4 Å². The minimum absolute atomic E-state index is 0.411. The Hall–Kier alpha value is -1.07. The summed E-state index contributed by atoms with van der Waals surface area (Å²) >= 11 is 8.03. The summed E-state index contributed by atoms with van der Waals surface area (Å²) in [5.74, 6) is 0. The first-order valence-electron chi connectivity index (χ1n) is 7.65. The molecular weight excluding hydrogens is 327 g/mol. The van der Waals surface area contributed by atoms with Crippen molar-refractivity contribution in [2.24, 2.45) is 0 Å². The highest BCUT2D eigenvalue weighted by molar-refractivity contribution is 7.26. The molecule has 0 aliphatic carbocycles. The molecule has 0 radical (unpaired) electrons. The third-order valence-electron chi connectivity index (χ3n) is 4.59. The lowest BCUT2D eigenvalue weighted by Crippen LogP contribution is -2.49. The van der Waals surface area contributed by atoms with E-state index in [-0.39, 0.29) is 0 Å². The maximum atomic E-state index is 10.3. The fraction of sp³-hybridized carbons (Fsp3) is 0.333. The average molecular weight is 347 g/mol. The molecule has 0 amide bonds. The van der Waals surface area contributed by atoms with E-state index in [1.54, 1.807) is 25.2 Å². The molecule has 0 spiro atoms. The molecule has 0 saturated carbocycles. The van der Waals surface area contributed by atoms with Crippen LogP contribution in [0.5, 0.6) is 0 Å². The molecule has 0 aliphatic rings. The first-order chi connectivity index (χ1) is 10.7. The summed E-state index contributed by atoms with van der Waals surface area (Å²) < 4.78 is 8.47. The van der Waals surface area contributed by atoms with Crippen molar-refractivity contribution in [3.05, 3.63) is 41.4 Å². The Morgan fingerprint density at radius 1 is 1.09 bits per heavy atom. The van der Waals surface area contributed by atoms with Gasteiger partial charge < -0.3 is 9.76 Å². The maximum absolute atomic E-state index is 10.3. The van der Waals surface area contributed by atoms with Gasteiger partial charge in [-0.3, -0.25) is 0 Å². The fourth-order valence-electron chi connectivity index (χ4n) is 2.45. The maximum Gasteiger partial charge on any atom is 0.310 e. The van der Waals surface area contributed by atoms with Crippen molar-refractivity contribution < 1.29 is 9.76 Å². The average Bonchev–Trinajstić information content (AvgIpc) is 2.81. The van der Waals surface area contributed by atoms with Gasteiger partial charge >= 0.3 is 7.48 Å². The third-order valence-corrected chi connectivity index (χ3v) is 5.92. The normalized spacial score (nSPS) is 13.0. The van der Waals surface area contributed by atoms with Gasteiger partial charge in [-0.1, -0.05) is 29.8 Å². The fourth-order valence-corrected chi connectivity index (χ4v) is 3.95. The van der Waals surface area contributed by atoms with Gasteiger partial charge in [-0.25, -0.2) is 0 Å². The number of hydrogen-bond acceptors (Lipinski definition) is 3. The number of benzene rings is 2. The quantitative estimate of drug-likeness (QED) is 0.716. The molecule has 23 heavy (non-hydrogen) atoms. The van der Waals surface area contributed by atoms with Crippen LogP contribution in [0, 0.1) is 0 Å². The van der Waals surface area contributed by atoms with Crippen molar-refractivity contribution in [2.75, 3.05) is 0 Å². The molecule has 1 N–H and O–H groups in total. The van der Waals surface area contributed by atoms with E-state index in [1.807, 2.05) is 32.0 Å². The predicted octanol–water partition coefficient (Wildman–Crippen LogP) is 4.25. The highest BCUT2D eigenvalue weighted by atomic mass is 35.5. The number of fused-ring (bicyclic) bond motifs is 3. The molecule has 0 atom stereocenters. The first-order valence-corrected chi connectivity index (χ1v) is 8.84. The van der Waals surface area contributed by atoms with Gasteiger partial charge in [0.05, 0.1) is 11.2 Å². The van der Waals surface area contributed by atoms with Crippen LogP contribution in [0.25, 0.3) is 20.2 Å². The summed E-state index contributed by atoms with van der Waals surface area (Å²) in [6, 6.07) is 12.3. The van der Waals surface area contributed by atoms with E-state index in [0.29, 0.717) is 12.5 Å². The molecule has 3 aromatic rings. The Morgan fingerprint density at radius 3 is 2.48 bits per heavy atom. The number of halogens is 1. The minimum atomic E-state index is -0.929. The number of aliphatic hydroxyl groups is 1. The van der Waals surface area contributed by atoms with E-state index in [1.165, 1.54) is 20.2 Å². The second-order valence-electron chi connectivity index (χ2n) is 6.89. The Bertz CT molecular complexity index is 864. The first kappa shape index (κ1) is 16.8. The Labute approximate surface area is 146 Å². The van der Waals surface area contributed by atoms with Crippen molar-refractivity contribution in [3.63, 3.8) is 0 Å². The van der Waals surface area contributed by atoms with Gasteiger partial charge in [-0.05, 0) is 62.1 Å². The molecule has 0 aliphatic heterocycles. The molecule has 5 heteroatoms. The molecule has 0 fully saturated rings. The molecular formula is C18H20BClO2S. The van der Waals surface area contributed by atoms with E-state index >= 15 is 0 Å². The SMILES string of the molecule is CC(C)(O)C(C)(C)OBc1cc(Cl)cc2sc3ccccc3c12. The van der Waals surface area contributed by atoms with Gasteiger partial charge in [0.2, 0.25) is 0 Å². The van der Waals surface area contributed by atoms with Crippen LogP contribution >= 0.6 is 22.9 Å². The summed E-state index contributed by atoms with van der Waals surface area (Å²) in [6.45, 7) is 7.34. The predicted molar refractivity (Wildman–Crippen MR) is 103 cm³/mol. The van der Waals surface area contributed by atoms with Gasteiger partial charge in [0.15, 0.2) is 0 Å². The standard InChI is InChI=1S/C18H20BClO2S/c1-17(2,21)18(3,4)22-19-13-9-11(20)10-15-16(13)12-7-5-6-8-14(12)23-15/h5-10,19,21H,1-4H3. The van der Waals surface area contributed by atoms with Crippen LogP contribution in [0.4, 0.5) is 0 Å². The van der Waals surface area contributed by atoms with E-state index in [9.17, 15) is 5.11 Å². The highest BCUT2D eigenvalue weighted by Gasteiger charge is 2.35. The monoisotopic (exact) mass is 346 g/mol. The molecule has 3 rings (SSSR count). The van der Waals surface area contributed by atoms with E-state index in [4.69, 9.17) is 16.3 Å². The Balaban J connectivity index is 2.07. The van der Waals surface area contributed by atoms with Gasteiger partial charge in [-0.2, -0.15) is 0 Å². The zero-order chi connectivity index (χ0) is 16.8. The Kier molecular flexibility index (Phi) is 4.22. The van der Waals surface area contributed by atoms with Gasteiger partial charge in [0, 0.05) is 14.4 Å². The summed E-state index contributed by atoms with van der Waals surface area (Å²) in [6.07, 6.45) is 0. The van der Waals surface area contributed by atoms with Gasteiger partial charge in [-0.15, -0.1) is 11.3 Å². The summed E-state index contributed by atoms with van der Waals surface area (Å²) in [5, 5.41) is 13.4. The lowest BCUT2D eigenvalue weighted by Gasteiger charge is -2.37. The lowest BCUT2D eigenvalue weighted by molar-refractivity contribution is -0.0893. The summed E-state index contributed by atoms with van der Waals surface area (Å²) in [5.41, 5.74) is -0.531. The highest BCUT2D eigenvalue weighted by Crippen LogP contribution is 2.34. The second-order valence-corrected chi connectivity index (χ2v) is 8.41. The van der Waals surface area contributed by atoms with Gasteiger partial charge in [0.1, 0.15) is 0 Å². The molecule has 0 saturated heterocycles. The van der Waals surface area contributed by atoms with Crippen LogP contribution in [0.3, 0.4) is 0 Å². The molecule has 1 heterocycles. The minimum Gasteiger partial charge on any atom is -0.427 e. The molecule has 2 nitrogen and oxygen atoms in total. The van der Waals surface area contributed by atoms with Crippen LogP contribution in [-0.2, 0) is 4.65 Å². The van der Waals surface area contributed by atoms with Crippen LogP contribution < -0.4 is 5.46 Å². The topological polar surface area (TPSA) is 29.5 Å². The summed E-state index contributed by atoms with van der Waals surface area (Å²) in [4.78, 5) is 0. The molecule has 0 unspecified atom stereocenters. The van der Waals surface area contributed by atoms with E-state index < -0.39 is 11.2 Å². The van der Waals surface area contributed by atoms with Crippen LogP contribution in [-0.4, -0.2) is 23.8 Å². The number of thiophene rings is 1. The molecule has 1 aromatic heterocycles. The van der Waals surface area contributed by atoms with Gasteiger partial charge in [0.25, 0.3) is 0 Å². The van der Waals surface area contributed by atoms with Crippen LogP contribution in [0.1, 0.15) is 27.7 Å². The largest absolute Gasteiger partial charge is 0.427 e. The molecule has 120 valence electrons. The number of hydrogen-bond donors (Lipinski definition) is 1. The third kappa shape index (κ3) is 3.13. The Morgan fingerprint density at radius 2 is 1.78 bits per heavy atom. The van der Waals surface area contributed by atoms with Crippen molar-refractivity contribution in [3.8, 4) is 0 Å².